The number of aromatic nitrogens is 3. The number of piperazine rings is 1. The zero-order chi connectivity index (χ0) is 22.3. The van der Waals surface area contributed by atoms with Gasteiger partial charge in [0, 0.05) is 63.0 Å². The van der Waals surface area contributed by atoms with Crippen molar-refractivity contribution in [2.45, 2.75) is 32.2 Å². The lowest BCUT2D eigenvalue weighted by Crippen LogP contribution is -2.47. The second-order valence-corrected chi connectivity index (χ2v) is 9.19. The maximum absolute atomic E-state index is 12.9. The van der Waals surface area contributed by atoms with E-state index in [9.17, 15) is 4.79 Å². The van der Waals surface area contributed by atoms with Gasteiger partial charge in [-0.05, 0) is 24.5 Å². The molecular weight excluding hydrogens is 424 g/mol. The van der Waals surface area contributed by atoms with Crippen molar-refractivity contribution in [3.8, 4) is 0 Å². The minimum atomic E-state index is -0.134. The van der Waals surface area contributed by atoms with Crippen LogP contribution in [-0.4, -0.2) is 78.5 Å². The molecule has 3 aromatic rings. The first kappa shape index (κ1) is 22.7. The number of H-pyrrole nitrogens is 1. The molecule has 0 aliphatic carbocycles. The number of benzene rings is 1. The van der Waals surface area contributed by atoms with E-state index in [0.29, 0.717) is 5.01 Å². The number of ether oxygens (including phenoxy) is 1. The number of rotatable bonds is 10. The van der Waals surface area contributed by atoms with Crippen LogP contribution in [0.1, 0.15) is 35.1 Å². The van der Waals surface area contributed by atoms with Crippen molar-refractivity contribution in [1.29, 1.82) is 0 Å². The molecule has 3 heterocycles. The summed E-state index contributed by atoms with van der Waals surface area (Å²) in [6.45, 7) is 7.55. The van der Waals surface area contributed by atoms with Crippen molar-refractivity contribution in [2.75, 3.05) is 51.3 Å². The van der Waals surface area contributed by atoms with E-state index >= 15 is 0 Å². The van der Waals surface area contributed by atoms with Crippen molar-refractivity contribution in [3.63, 3.8) is 0 Å². The lowest BCUT2D eigenvalue weighted by molar-refractivity contribution is 0.0933. The number of hydrogen-bond acceptors (Lipinski definition) is 7. The van der Waals surface area contributed by atoms with Gasteiger partial charge in [0.2, 0.25) is 10.1 Å². The summed E-state index contributed by atoms with van der Waals surface area (Å²) in [5.41, 5.74) is 2.35. The molecule has 2 aromatic heterocycles. The quantitative estimate of drug-likeness (QED) is 0.488. The third-order valence-electron chi connectivity index (χ3n) is 5.98. The van der Waals surface area contributed by atoms with Gasteiger partial charge in [0.15, 0.2) is 0 Å². The second-order valence-electron chi connectivity index (χ2n) is 8.23. The van der Waals surface area contributed by atoms with Gasteiger partial charge >= 0.3 is 0 Å². The summed E-state index contributed by atoms with van der Waals surface area (Å²) >= 11 is 1.38. The third-order valence-corrected chi connectivity index (χ3v) is 6.96. The molecule has 2 N–H and O–H groups in total. The van der Waals surface area contributed by atoms with Crippen LogP contribution in [0.25, 0.3) is 10.9 Å². The lowest BCUT2D eigenvalue weighted by Gasteiger charge is -2.34. The summed E-state index contributed by atoms with van der Waals surface area (Å²) in [6.07, 6.45) is 4.76. The number of carbonyl (C=O) groups excluding carboxylic acids is 1. The van der Waals surface area contributed by atoms with E-state index in [-0.39, 0.29) is 11.9 Å². The number of para-hydroxylation sites is 1. The molecule has 4 rings (SSSR count). The fourth-order valence-corrected chi connectivity index (χ4v) is 5.00. The van der Waals surface area contributed by atoms with Crippen LogP contribution < -0.4 is 10.2 Å². The number of nitrogens with one attached hydrogen (secondary N) is 2. The maximum atomic E-state index is 12.9. The Labute approximate surface area is 193 Å². The number of fused-ring (bicyclic) bond motifs is 1. The molecule has 1 saturated heterocycles. The monoisotopic (exact) mass is 456 g/mol. The van der Waals surface area contributed by atoms with Crippen LogP contribution in [0.5, 0.6) is 0 Å². The Morgan fingerprint density at radius 2 is 2.06 bits per heavy atom. The highest BCUT2D eigenvalue weighted by atomic mass is 32.1. The predicted molar refractivity (Wildman–Crippen MR) is 129 cm³/mol. The van der Waals surface area contributed by atoms with Crippen LogP contribution in [0.3, 0.4) is 0 Å². The largest absolute Gasteiger partial charge is 0.383 e. The number of aromatic amines is 1. The Morgan fingerprint density at radius 3 is 2.84 bits per heavy atom. The molecule has 0 radical (unpaired) electrons. The van der Waals surface area contributed by atoms with Gasteiger partial charge in [0.05, 0.1) is 6.61 Å². The van der Waals surface area contributed by atoms with Crippen LogP contribution in [0, 0.1) is 0 Å². The summed E-state index contributed by atoms with van der Waals surface area (Å²) in [5.74, 6) is -0.134. The van der Waals surface area contributed by atoms with Crippen LogP contribution in [0.15, 0.2) is 30.5 Å². The fraction of sp³-hybridized carbons (Fsp3) is 0.522. The first-order chi connectivity index (χ1) is 15.7. The Hall–Kier alpha value is -2.49. The molecule has 172 valence electrons. The first-order valence-electron chi connectivity index (χ1n) is 11.3. The molecule has 1 atom stereocenters. The van der Waals surface area contributed by atoms with Gasteiger partial charge in [0.25, 0.3) is 5.91 Å². The number of carbonyl (C=O) groups is 1. The molecule has 1 unspecified atom stereocenters. The minimum Gasteiger partial charge on any atom is -0.383 e. The topological polar surface area (TPSA) is 86.4 Å². The maximum Gasteiger partial charge on any atom is 0.282 e. The standard InChI is InChI=1S/C23H32N6O2S/c1-3-6-18(15-17-16-24-20-8-5-4-7-19(17)20)25-21(30)22-26-27-23(32-22)29-11-9-28(10-12-29)13-14-31-2/h4-5,7-8,16,18,24H,3,6,9-15H2,1-2H3,(H,25,30). The molecule has 1 amide bonds. The molecule has 0 spiro atoms. The molecule has 0 bridgehead atoms. The average Bonchev–Trinajstić information content (AvgIpc) is 3.46. The molecule has 8 nitrogen and oxygen atoms in total. The van der Waals surface area contributed by atoms with E-state index < -0.39 is 0 Å². The second kappa shape index (κ2) is 10.9. The van der Waals surface area contributed by atoms with Crippen molar-refractivity contribution in [3.05, 3.63) is 41.0 Å². The van der Waals surface area contributed by atoms with Gasteiger partial charge in [-0.15, -0.1) is 10.2 Å². The zero-order valence-electron chi connectivity index (χ0n) is 18.8. The molecule has 1 fully saturated rings. The molecule has 1 aliphatic heterocycles. The van der Waals surface area contributed by atoms with Gasteiger partial charge < -0.3 is 19.9 Å². The van der Waals surface area contributed by atoms with Gasteiger partial charge in [0.1, 0.15) is 0 Å². The SMILES string of the molecule is CCCC(Cc1c[nH]c2ccccc12)NC(=O)c1nnc(N2CCN(CCOC)CC2)s1. The highest BCUT2D eigenvalue weighted by Crippen LogP contribution is 2.23. The Bertz CT molecular complexity index is 1010. The van der Waals surface area contributed by atoms with Gasteiger partial charge in [-0.2, -0.15) is 0 Å². The lowest BCUT2D eigenvalue weighted by atomic mass is 10.0. The molecule has 1 aromatic carbocycles. The van der Waals surface area contributed by atoms with E-state index in [1.165, 1.54) is 22.3 Å². The molecule has 32 heavy (non-hydrogen) atoms. The first-order valence-corrected chi connectivity index (χ1v) is 12.1. The third kappa shape index (κ3) is 5.46. The summed E-state index contributed by atoms with van der Waals surface area (Å²) in [5, 5.41) is 14.2. The normalized spacial score (nSPS) is 15.9. The summed E-state index contributed by atoms with van der Waals surface area (Å²) in [7, 11) is 1.73. The van der Waals surface area contributed by atoms with Crippen molar-refractivity contribution in [2.24, 2.45) is 0 Å². The Balaban J connectivity index is 1.36. The van der Waals surface area contributed by atoms with Crippen molar-refractivity contribution < 1.29 is 9.53 Å². The number of amides is 1. The van der Waals surface area contributed by atoms with Crippen molar-refractivity contribution in [1.82, 2.24) is 25.4 Å². The van der Waals surface area contributed by atoms with E-state index in [1.54, 1.807) is 7.11 Å². The molecule has 1 aliphatic rings. The van der Waals surface area contributed by atoms with Crippen LogP contribution in [0.4, 0.5) is 5.13 Å². The highest BCUT2D eigenvalue weighted by Gasteiger charge is 2.23. The van der Waals surface area contributed by atoms with Gasteiger partial charge in [-0.3, -0.25) is 9.69 Å². The Kier molecular flexibility index (Phi) is 7.72. The van der Waals surface area contributed by atoms with Crippen LogP contribution in [-0.2, 0) is 11.2 Å². The van der Waals surface area contributed by atoms with E-state index in [2.05, 4.69) is 55.6 Å². The van der Waals surface area contributed by atoms with E-state index in [4.69, 9.17) is 4.74 Å². The molecular formula is C23H32N6O2S. The summed E-state index contributed by atoms with van der Waals surface area (Å²) < 4.78 is 5.17. The number of nitrogens with zero attached hydrogens (tertiary/aromatic N) is 4. The molecule has 9 heteroatoms. The van der Waals surface area contributed by atoms with E-state index in [1.807, 2.05) is 12.1 Å². The van der Waals surface area contributed by atoms with Crippen LogP contribution >= 0.6 is 11.3 Å². The predicted octanol–water partition coefficient (Wildman–Crippen LogP) is 2.93. The van der Waals surface area contributed by atoms with Gasteiger partial charge in [-0.1, -0.05) is 42.9 Å². The number of methoxy groups -OCH3 is 1. The van der Waals surface area contributed by atoms with E-state index in [0.717, 1.165) is 69.2 Å². The highest BCUT2D eigenvalue weighted by molar-refractivity contribution is 7.17. The average molecular weight is 457 g/mol. The molecule has 0 saturated carbocycles. The zero-order valence-corrected chi connectivity index (χ0v) is 19.7. The summed E-state index contributed by atoms with van der Waals surface area (Å²) in [4.78, 5) is 20.9. The number of anilines is 1. The van der Waals surface area contributed by atoms with Crippen LogP contribution in [0.2, 0.25) is 0 Å². The smallest absolute Gasteiger partial charge is 0.282 e. The van der Waals surface area contributed by atoms with Crippen molar-refractivity contribution >= 4 is 33.3 Å². The summed E-state index contributed by atoms with van der Waals surface area (Å²) in [6, 6.07) is 8.33. The minimum absolute atomic E-state index is 0.0587. The Morgan fingerprint density at radius 1 is 1.25 bits per heavy atom. The number of hydrogen-bond donors (Lipinski definition) is 2. The van der Waals surface area contributed by atoms with Gasteiger partial charge in [-0.25, -0.2) is 0 Å². The fourth-order valence-electron chi connectivity index (χ4n) is 4.20.